The average Bonchev–Trinajstić information content (AvgIpc) is 2.80. The van der Waals surface area contributed by atoms with Gasteiger partial charge in [0.05, 0.1) is 6.04 Å². The van der Waals surface area contributed by atoms with E-state index in [1.165, 1.54) is 11.1 Å². The van der Waals surface area contributed by atoms with Crippen LogP contribution in [0.2, 0.25) is 5.02 Å². The van der Waals surface area contributed by atoms with E-state index in [1.807, 2.05) is 29.2 Å². The molecule has 1 saturated heterocycles. The maximum atomic E-state index is 12.8. The molecule has 4 rings (SSSR count). The van der Waals surface area contributed by atoms with Crippen molar-refractivity contribution in [2.24, 2.45) is 0 Å². The molecule has 3 aromatic carbocycles. The van der Waals surface area contributed by atoms with E-state index < -0.39 is 0 Å². The molecule has 4 heteroatoms. The smallest absolute Gasteiger partial charge is 0.222 e. The lowest BCUT2D eigenvalue weighted by atomic mass is 9.96. The first-order valence-electron chi connectivity index (χ1n) is 10.6. The Labute approximate surface area is 183 Å². The van der Waals surface area contributed by atoms with Gasteiger partial charge in [-0.05, 0) is 29.2 Å². The first-order valence-corrected chi connectivity index (χ1v) is 11.0. The van der Waals surface area contributed by atoms with Gasteiger partial charge in [0.25, 0.3) is 0 Å². The van der Waals surface area contributed by atoms with Crippen molar-refractivity contribution in [2.75, 3.05) is 26.2 Å². The summed E-state index contributed by atoms with van der Waals surface area (Å²) in [6, 6.07) is 29.3. The monoisotopic (exact) mass is 418 g/mol. The second kappa shape index (κ2) is 9.92. The molecule has 0 spiro atoms. The Bertz CT molecular complexity index is 914. The van der Waals surface area contributed by atoms with Gasteiger partial charge in [-0.25, -0.2) is 0 Å². The zero-order valence-corrected chi connectivity index (χ0v) is 17.8. The summed E-state index contributed by atoms with van der Waals surface area (Å²) in [5.41, 5.74) is 3.63. The van der Waals surface area contributed by atoms with Crippen LogP contribution in [-0.4, -0.2) is 41.9 Å². The van der Waals surface area contributed by atoms with E-state index in [1.54, 1.807) is 0 Å². The van der Waals surface area contributed by atoms with Crippen molar-refractivity contribution in [3.05, 3.63) is 107 Å². The summed E-state index contributed by atoms with van der Waals surface area (Å²) in [5, 5.41) is 0.740. The lowest BCUT2D eigenvalue weighted by molar-refractivity contribution is -0.133. The number of nitrogens with zero attached hydrogens (tertiary/aromatic N) is 2. The van der Waals surface area contributed by atoms with Crippen molar-refractivity contribution in [3.8, 4) is 0 Å². The molecule has 154 valence electrons. The number of aryl methyl sites for hydroxylation is 1. The van der Waals surface area contributed by atoms with Crippen LogP contribution in [0.15, 0.2) is 84.9 Å². The van der Waals surface area contributed by atoms with Crippen LogP contribution < -0.4 is 0 Å². The van der Waals surface area contributed by atoms with Crippen LogP contribution in [0.4, 0.5) is 0 Å². The molecule has 0 unspecified atom stereocenters. The Morgan fingerprint density at radius 1 is 0.767 bits per heavy atom. The highest BCUT2D eigenvalue weighted by Crippen LogP contribution is 2.29. The largest absolute Gasteiger partial charge is 0.340 e. The van der Waals surface area contributed by atoms with E-state index in [2.05, 4.69) is 65.6 Å². The van der Waals surface area contributed by atoms with Crippen LogP contribution >= 0.6 is 11.6 Å². The molecule has 0 saturated carbocycles. The average molecular weight is 419 g/mol. The van der Waals surface area contributed by atoms with Crippen molar-refractivity contribution in [3.63, 3.8) is 0 Å². The van der Waals surface area contributed by atoms with Gasteiger partial charge < -0.3 is 4.90 Å². The van der Waals surface area contributed by atoms with Gasteiger partial charge in [-0.15, -0.1) is 0 Å². The number of hydrogen-bond acceptors (Lipinski definition) is 2. The van der Waals surface area contributed by atoms with E-state index in [0.717, 1.165) is 36.8 Å². The normalized spacial score (nSPS) is 14.8. The molecule has 1 aliphatic heterocycles. The quantitative estimate of drug-likeness (QED) is 0.548. The second-order valence-electron chi connectivity index (χ2n) is 7.73. The molecule has 0 radical (unpaired) electrons. The molecule has 3 aromatic rings. The molecule has 3 nitrogen and oxygen atoms in total. The maximum absolute atomic E-state index is 12.8. The summed E-state index contributed by atoms with van der Waals surface area (Å²) >= 11 is 6.23. The van der Waals surface area contributed by atoms with Gasteiger partial charge in [0.1, 0.15) is 0 Å². The minimum Gasteiger partial charge on any atom is -0.340 e. The Hall–Kier alpha value is -2.62. The Kier molecular flexibility index (Phi) is 6.83. The third kappa shape index (κ3) is 4.92. The minimum absolute atomic E-state index is 0.213. The highest BCUT2D eigenvalue weighted by Gasteiger charge is 2.27. The van der Waals surface area contributed by atoms with Gasteiger partial charge in [-0.1, -0.05) is 90.5 Å². The fourth-order valence-electron chi connectivity index (χ4n) is 4.22. The number of piperazine rings is 1. The van der Waals surface area contributed by atoms with Crippen LogP contribution in [-0.2, 0) is 11.2 Å². The summed E-state index contributed by atoms with van der Waals surface area (Å²) in [6.07, 6.45) is 1.19. The van der Waals surface area contributed by atoms with Crippen LogP contribution in [0.3, 0.4) is 0 Å². The van der Waals surface area contributed by atoms with Crippen molar-refractivity contribution in [1.29, 1.82) is 0 Å². The third-order valence-corrected chi connectivity index (χ3v) is 6.20. The van der Waals surface area contributed by atoms with Crippen LogP contribution in [0.25, 0.3) is 0 Å². The molecule has 0 aromatic heterocycles. The first kappa shape index (κ1) is 20.6. The second-order valence-corrected chi connectivity index (χ2v) is 8.14. The standard InChI is InChI=1S/C26H27ClN2O/c27-24-14-8-7-9-21(24)15-16-25(30)28-17-19-29(20-18-28)26(22-10-3-1-4-11-22)23-12-5-2-6-13-23/h1-14,26H,15-20H2. The number of amides is 1. The number of hydrogen-bond donors (Lipinski definition) is 0. The highest BCUT2D eigenvalue weighted by molar-refractivity contribution is 6.31. The SMILES string of the molecule is O=C(CCc1ccccc1Cl)N1CCN(C(c2ccccc2)c2ccccc2)CC1. The molecule has 1 amide bonds. The van der Waals surface area contributed by atoms with Crippen molar-refractivity contribution < 1.29 is 4.79 Å². The molecule has 0 N–H and O–H groups in total. The molecule has 0 aliphatic carbocycles. The number of carbonyl (C=O) groups excluding carboxylic acids is 1. The number of benzene rings is 3. The number of carbonyl (C=O) groups is 1. The predicted molar refractivity (Wildman–Crippen MR) is 123 cm³/mol. The van der Waals surface area contributed by atoms with Gasteiger partial charge in [0.15, 0.2) is 0 Å². The fraction of sp³-hybridized carbons (Fsp3) is 0.269. The first-order chi connectivity index (χ1) is 14.7. The molecule has 1 heterocycles. The van der Waals surface area contributed by atoms with Crippen LogP contribution in [0.5, 0.6) is 0 Å². The lowest BCUT2D eigenvalue weighted by Gasteiger charge is -2.40. The Balaban J connectivity index is 1.40. The summed E-state index contributed by atoms with van der Waals surface area (Å²) in [4.78, 5) is 17.3. The maximum Gasteiger partial charge on any atom is 0.222 e. The van der Waals surface area contributed by atoms with Crippen LogP contribution in [0.1, 0.15) is 29.2 Å². The summed E-state index contributed by atoms with van der Waals surface area (Å²) in [7, 11) is 0. The van der Waals surface area contributed by atoms with Gasteiger partial charge >= 0.3 is 0 Å². The molecule has 30 heavy (non-hydrogen) atoms. The zero-order chi connectivity index (χ0) is 20.8. The fourth-order valence-corrected chi connectivity index (χ4v) is 4.45. The van der Waals surface area contributed by atoms with Gasteiger partial charge in [-0.3, -0.25) is 9.69 Å². The van der Waals surface area contributed by atoms with E-state index in [4.69, 9.17) is 11.6 Å². The van der Waals surface area contributed by atoms with Gasteiger partial charge in [0, 0.05) is 37.6 Å². The number of rotatable bonds is 6. The summed E-state index contributed by atoms with van der Waals surface area (Å²) in [5.74, 6) is 0.213. The van der Waals surface area contributed by atoms with Crippen LogP contribution in [0, 0.1) is 0 Å². The molecule has 0 atom stereocenters. The van der Waals surface area contributed by atoms with E-state index >= 15 is 0 Å². The zero-order valence-electron chi connectivity index (χ0n) is 17.1. The van der Waals surface area contributed by atoms with Gasteiger partial charge in [-0.2, -0.15) is 0 Å². The summed E-state index contributed by atoms with van der Waals surface area (Å²) in [6.45, 7) is 3.26. The third-order valence-electron chi connectivity index (χ3n) is 5.83. The highest BCUT2D eigenvalue weighted by atomic mass is 35.5. The van der Waals surface area contributed by atoms with E-state index in [9.17, 15) is 4.79 Å². The van der Waals surface area contributed by atoms with E-state index in [-0.39, 0.29) is 11.9 Å². The van der Waals surface area contributed by atoms with Crippen molar-refractivity contribution in [1.82, 2.24) is 9.80 Å². The topological polar surface area (TPSA) is 23.6 Å². The lowest BCUT2D eigenvalue weighted by Crippen LogP contribution is -2.49. The van der Waals surface area contributed by atoms with Crippen molar-refractivity contribution in [2.45, 2.75) is 18.9 Å². The predicted octanol–water partition coefficient (Wildman–Crippen LogP) is 5.21. The van der Waals surface area contributed by atoms with Gasteiger partial charge in [0.2, 0.25) is 5.91 Å². The Morgan fingerprint density at radius 2 is 1.30 bits per heavy atom. The van der Waals surface area contributed by atoms with Crippen molar-refractivity contribution >= 4 is 17.5 Å². The minimum atomic E-state index is 0.213. The Morgan fingerprint density at radius 3 is 1.87 bits per heavy atom. The molecular formula is C26H27ClN2O. The van der Waals surface area contributed by atoms with E-state index in [0.29, 0.717) is 12.8 Å². The molecule has 1 aliphatic rings. The number of halogens is 1. The molecular weight excluding hydrogens is 392 g/mol. The molecule has 0 bridgehead atoms. The molecule has 1 fully saturated rings. The summed E-state index contributed by atoms with van der Waals surface area (Å²) < 4.78 is 0.